The fraction of sp³-hybridized carbons (Fsp3) is 0.200. The highest BCUT2D eigenvalue weighted by molar-refractivity contribution is 8.05. The molecule has 10 heteroatoms. The van der Waals surface area contributed by atoms with Gasteiger partial charge in [0.1, 0.15) is 0 Å². The Bertz CT molecular complexity index is 865. The fourth-order valence-corrected chi connectivity index (χ4v) is 5.05. The van der Waals surface area contributed by atoms with E-state index in [4.69, 9.17) is 0 Å². The van der Waals surface area contributed by atoms with Gasteiger partial charge in [-0.15, -0.1) is 4.13 Å². The van der Waals surface area contributed by atoms with E-state index in [-0.39, 0.29) is 0 Å². The lowest BCUT2D eigenvalue weighted by molar-refractivity contribution is 0.0897. The average Bonchev–Trinajstić information content (AvgIpc) is 2.55. The van der Waals surface area contributed by atoms with Crippen LogP contribution < -0.4 is 4.13 Å². The van der Waals surface area contributed by atoms with Crippen molar-refractivity contribution in [3.63, 3.8) is 0 Å². The molecule has 0 amide bonds. The van der Waals surface area contributed by atoms with Crippen molar-refractivity contribution in [2.45, 2.75) is 17.2 Å². The van der Waals surface area contributed by atoms with Crippen LogP contribution in [0.5, 0.6) is 0 Å². The molecule has 0 aliphatic heterocycles. The molecule has 2 aromatic rings. The van der Waals surface area contributed by atoms with E-state index in [1.165, 1.54) is 24.3 Å². The van der Waals surface area contributed by atoms with E-state index >= 15 is 0 Å². The Morgan fingerprint density at radius 3 is 1.56 bits per heavy atom. The van der Waals surface area contributed by atoms with Gasteiger partial charge in [-0.3, -0.25) is 0 Å². The highest BCUT2D eigenvalue weighted by Gasteiger charge is 2.53. The molecular formula is C15H14F3NO4S2. The van der Waals surface area contributed by atoms with Crippen molar-refractivity contribution in [3.05, 3.63) is 71.8 Å². The molecule has 136 valence electrons. The van der Waals surface area contributed by atoms with Crippen molar-refractivity contribution in [1.82, 2.24) is 4.13 Å². The van der Waals surface area contributed by atoms with Crippen LogP contribution in [0.1, 0.15) is 18.1 Å². The zero-order valence-electron chi connectivity index (χ0n) is 12.9. The van der Waals surface area contributed by atoms with Gasteiger partial charge in [0.05, 0.1) is 0 Å². The quantitative estimate of drug-likeness (QED) is 0.818. The van der Waals surface area contributed by atoms with E-state index < -0.39 is 41.4 Å². The number of nitrogens with one attached hydrogen (secondary N) is 1. The van der Waals surface area contributed by atoms with E-state index in [1.807, 2.05) is 0 Å². The summed E-state index contributed by atoms with van der Waals surface area (Å²) in [4.78, 5) is 0. The topological polar surface area (TPSA) is 80.3 Å². The first-order valence-electron chi connectivity index (χ1n) is 6.87. The molecule has 0 bridgehead atoms. The molecule has 0 saturated heterocycles. The molecule has 0 aliphatic rings. The summed E-state index contributed by atoms with van der Waals surface area (Å²) in [6.07, 6.45) is 0. The van der Waals surface area contributed by atoms with E-state index in [0.29, 0.717) is 6.92 Å². The molecule has 0 heterocycles. The minimum absolute atomic E-state index is 0.402. The minimum Gasteiger partial charge on any atom is -0.220 e. The zero-order valence-corrected chi connectivity index (χ0v) is 14.5. The lowest BCUT2D eigenvalue weighted by Crippen LogP contribution is -2.47. The number of alkyl halides is 3. The average molecular weight is 393 g/mol. The molecule has 0 spiro atoms. The maximum atomic E-state index is 14.8. The number of sulfonamides is 2. The summed E-state index contributed by atoms with van der Waals surface area (Å²) < 4.78 is 92.2. The Labute approximate surface area is 143 Å². The molecule has 0 saturated carbocycles. The first-order valence-corrected chi connectivity index (χ1v) is 9.84. The standard InChI is InChI=1S/C15H14F3NO4S2/c1-14(16,12-8-4-2-5-9-12)24(20,21)19-25(22,23)15(17,18)13-10-6-3-7-11-13/h2-11,19H,1H3/t14-/m0/s1. The number of rotatable bonds is 6. The summed E-state index contributed by atoms with van der Waals surface area (Å²) in [5, 5.41) is -7.82. The summed E-state index contributed by atoms with van der Waals surface area (Å²) in [6, 6.07) is 11.7. The van der Waals surface area contributed by atoms with Crippen LogP contribution in [-0.4, -0.2) is 16.8 Å². The summed E-state index contributed by atoms with van der Waals surface area (Å²) in [5.41, 5.74) is -1.35. The minimum atomic E-state index is -5.77. The molecule has 5 nitrogen and oxygen atoms in total. The Morgan fingerprint density at radius 1 is 0.720 bits per heavy atom. The fourth-order valence-electron chi connectivity index (χ4n) is 1.95. The number of benzene rings is 2. The maximum absolute atomic E-state index is 14.8. The molecule has 2 rings (SSSR count). The van der Waals surface area contributed by atoms with Gasteiger partial charge in [-0.1, -0.05) is 60.7 Å². The molecule has 0 aromatic heterocycles. The van der Waals surface area contributed by atoms with Gasteiger partial charge >= 0.3 is 5.25 Å². The van der Waals surface area contributed by atoms with Crippen LogP contribution >= 0.6 is 0 Å². The smallest absolute Gasteiger partial charge is 0.220 e. The van der Waals surface area contributed by atoms with Crippen LogP contribution in [0, 0.1) is 0 Å². The predicted molar refractivity (Wildman–Crippen MR) is 86.2 cm³/mol. The summed E-state index contributed by atoms with van der Waals surface area (Å²) in [6.45, 7) is 0.570. The van der Waals surface area contributed by atoms with Crippen molar-refractivity contribution in [3.8, 4) is 0 Å². The number of halogens is 3. The summed E-state index contributed by atoms with van der Waals surface area (Å²) in [5.74, 6) is 0. The van der Waals surface area contributed by atoms with Crippen molar-refractivity contribution in [2.24, 2.45) is 0 Å². The second-order valence-electron chi connectivity index (χ2n) is 5.26. The van der Waals surface area contributed by atoms with Crippen LogP contribution in [0.4, 0.5) is 13.2 Å². The molecule has 0 radical (unpaired) electrons. The Kier molecular flexibility index (Phi) is 4.99. The zero-order chi connectivity index (χ0) is 18.9. The highest BCUT2D eigenvalue weighted by atomic mass is 32.3. The molecule has 0 unspecified atom stereocenters. The van der Waals surface area contributed by atoms with Gasteiger partial charge < -0.3 is 0 Å². The third kappa shape index (κ3) is 3.55. The first kappa shape index (κ1) is 19.4. The highest BCUT2D eigenvalue weighted by Crippen LogP contribution is 2.36. The Morgan fingerprint density at radius 2 is 1.12 bits per heavy atom. The van der Waals surface area contributed by atoms with Crippen LogP contribution in [0.2, 0.25) is 0 Å². The SMILES string of the molecule is C[C@@](F)(c1ccccc1)S(=O)(=O)NS(=O)(=O)C(F)(F)c1ccccc1. The maximum Gasteiger partial charge on any atom is 0.385 e. The normalized spacial score (nSPS) is 15.5. The van der Waals surface area contributed by atoms with Crippen molar-refractivity contribution in [2.75, 3.05) is 0 Å². The van der Waals surface area contributed by atoms with E-state index in [2.05, 4.69) is 0 Å². The Hall–Kier alpha value is -1.91. The van der Waals surface area contributed by atoms with Gasteiger partial charge in [-0.05, 0) is 6.92 Å². The van der Waals surface area contributed by atoms with Crippen molar-refractivity contribution in [1.29, 1.82) is 0 Å². The van der Waals surface area contributed by atoms with Crippen LogP contribution in [-0.2, 0) is 30.3 Å². The molecule has 1 atom stereocenters. The van der Waals surface area contributed by atoms with E-state index in [9.17, 15) is 30.0 Å². The monoisotopic (exact) mass is 393 g/mol. The molecular weight excluding hydrogens is 379 g/mol. The lowest BCUT2D eigenvalue weighted by Gasteiger charge is -2.24. The van der Waals surface area contributed by atoms with Crippen LogP contribution in [0.25, 0.3) is 0 Å². The van der Waals surface area contributed by atoms with Crippen LogP contribution in [0.3, 0.4) is 0 Å². The number of hydrogen-bond acceptors (Lipinski definition) is 4. The van der Waals surface area contributed by atoms with Gasteiger partial charge in [-0.2, -0.15) is 8.78 Å². The van der Waals surface area contributed by atoms with Gasteiger partial charge in [-0.25, -0.2) is 21.2 Å². The Balaban J connectivity index is 2.43. The summed E-state index contributed by atoms with van der Waals surface area (Å²) >= 11 is 0. The summed E-state index contributed by atoms with van der Waals surface area (Å²) in [7, 11) is -11.1. The molecule has 0 fully saturated rings. The van der Waals surface area contributed by atoms with Gasteiger partial charge in [0.25, 0.3) is 20.0 Å². The first-order chi connectivity index (χ1) is 11.4. The van der Waals surface area contributed by atoms with E-state index in [1.54, 1.807) is 0 Å². The lowest BCUT2D eigenvalue weighted by atomic mass is 10.1. The van der Waals surface area contributed by atoms with Crippen LogP contribution in [0.15, 0.2) is 60.7 Å². The largest absolute Gasteiger partial charge is 0.385 e. The predicted octanol–water partition coefficient (Wildman–Crippen LogP) is 2.83. The van der Waals surface area contributed by atoms with Gasteiger partial charge in [0, 0.05) is 11.1 Å². The molecule has 2 aromatic carbocycles. The second-order valence-corrected chi connectivity index (χ2v) is 9.22. The molecule has 25 heavy (non-hydrogen) atoms. The third-order valence-electron chi connectivity index (χ3n) is 3.46. The van der Waals surface area contributed by atoms with Crippen molar-refractivity contribution >= 4 is 20.0 Å². The molecule has 1 N–H and O–H groups in total. The second kappa shape index (κ2) is 6.43. The van der Waals surface area contributed by atoms with Crippen molar-refractivity contribution < 1.29 is 30.0 Å². The van der Waals surface area contributed by atoms with Gasteiger partial charge in [0.2, 0.25) is 5.00 Å². The number of hydrogen-bond donors (Lipinski definition) is 1. The van der Waals surface area contributed by atoms with E-state index in [0.717, 1.165) is 40.5 Å². The van der Waals surface area contributed by atoms with Gasteiger partial charge in [0.15, 0.2) is 0 Å². The molecule has 0 aliphatic carbocycles. The third-order valence-corrected chi connectivity index (χ3v) is 7.37.